The van der Waals surface area contributed by atoms with Crippen molar-refractivity contribution in [3.8, 4) is 5.75 Å². The number of benzene rings is 1. The Morgan fingerprint density at radius 2 is 1.84 bits per heavy atom. The van der Waals surface area contributed by atoms with E-state index in [9.17, 15) is 4.79 Å². The SMILES string of the molecule is CCCN(CCOc1c(Cl)cc(Cl)cc1Cl)C(=O)c1cncc(Br)c1. The van der Waals surface area contributed by atoms with Gasteiger partial charge in [0.2, 0.25) is 0 Å². The molecule has 0 aliphatic rings. The van der Waals surface area contributed by atoms with Crippen LogP contribution < -0.4 is 4.74 Å². The van der Waals surface area contributed by atoms with Crippen LogP contribution in [0.3, 0.4) is 0 Å². The molecule has 1 aromatic heterocycles. The number of carbonyl (C=O) groups is 1. The van der Waals surface area contributed by atoms with Gasteiger partial charge < -0.3 is 9.64 Å². The average molecular weight is 467 g/mol. The van der Waals surface area contributed by atoms with E-state index in [1.165, 1.54) is 0 Å². The summed E-state index contributed by atoms with van der Waals surface area (Å²) in [5.41, 5.74) is 0.519. The molecule has 0 unspecified atom stereocenters. The zero-order valence-electron chi connectivity index (χ0n) is 13.4. The van der Waals surface area contributed by atoms with Crippen molar-refractivity contribution in [2.75, 3.05) is 19.7 Å². The molecular formula is C17H16BrCl3N2O2. The van der Waals surface area contributed by atoms with E-state index in [-0.39, 0.29) is 12.5 Å². The minimum absolute atomic E-state index is 0.104. The topological polar surface area (TPSA) is 42.4 Å². The smallest absolute Gasteiger partial charge is 0.255 e. The number of rotatable bonds is 7. The minimum Gasteiger partial charge on any atom is -0.489 e. The van der Waals surface area contributed by atoms with Crippen LogP contribution in [0.25, 0.3) is 0 Å². The largest absolute Gasteiger partial charge is 0.489 e. The second kappa shape index (κ2) is 9.62. The van der Waals surface area contributed by atoms with Crippen LogP contribution in [0, 0.1) is 0 Å². The summed E-state index contributed by atoms with van der Waals surface area (Å²) in [7, 11) is 0. The van der Waals surface area contributed by atoms with Gasteiger partial charge in [-0.2, -0.15) is 0 Å². The van der Waals surface area contributed by atoms with Crippen LogP contribution in [-0.4, -0.2) is 35.5 Å². The molecule has 0 atom stereocenters. The van der Waals surface area contributed by atoms with Crippen LogP contribution in [0.15, 0.2) is 35.1 Å². The molecule has 0 aliphatic carbocycles. The summed E-state index contributed by atoms with van der Waals surface area (Å²) in [6.45, 7) is 3.27. The molecular weight excluding hydrogens is 450 g/mol. The summed E-state index contributed by atoms with van der Waals surface area (Å²) in [5.74, 6) is 0.258. The van der Waals surface area contributed by atoms with Crippen LogP contribution in [-0.2, 0) is 0 Å². The molecule has 2 aromatic rings. The molecule has 134 valence electrons. The molecule has 25 heavy (non-hydrogen) atoms. The van der Waals surface area contributed by atoms with Crippen molar-refractivity contribution in [3.05, 3.63) is 55.7 Å². The first-order valence-corrected chi connectivity index (χ1v) is 9.52. The molecule has 0 bridgehead atoms. The average Bonchev–Trinajstić information content (AvgIpc) is 2.55. The molecule has 1 amide bonds. The van der Waals surface area contributed by atoms with Gasteiger partial charge in [-0.1, -0.05) is 41.7 Å². The molecule has 0 aliphatic heterocycles. The van der Waals surface area contributed by atoms with Crippen LogP contribution in [0.1, 0.15) is 23.7 Å². The fraction of sp³-hybridized carbons (Fsp3) is 0.294. The maximum atomic E-state index is 12.6. The number of amides is 1. The highest BCUT2D eigenvalue weighted by molar-refractivity contribution is 9.10. The normalized spacial score (nSPS) is 10.6. The highest BCUT2D eigenvalue weighted by atomic mass is 79.9. The van der Waals surface area contributed by atoms with Crippen LogP contribution in [0.5, 0.6) is 5.75 Å². The maximum Gasteiger partial charge on any atom is 0.255 e. The molecule has 0 saturated carbocycles. The molecule has 2 rings (SSSR count). The summed E-state index contributed by atoms with van der Waals surface area (Å²) in [6.07, 6.45) is 4.01. The molecule has 0 fully saturated rings. The van der Waals surface area contributed by atoms with E-state index in [1.54, 1.807) is 35.5 Å². The zero-order chi connectivity index (χ0) is 18.4. The van der Waals surface area contributed by atoms with Gasteiger partial charge in [0.05, 0.1) is 22.2 Å². The fourth-order valence-electron chi connectivity index (χ4n) is 2.22. The van der Waals surface area contributed by atoms with Crippen molar-refractivity contribution in [2.24, 2.45) is 0 Å². The molecule has 0 saturated heterocycles. The number of aromatic nitrogens is 1. The Hall–Kier alpha value is -1.01. The van der Waals surface area contributed by atoms with E-state index < -0.39 is 0 Å². The highest BCUT2D eigenvalue weighted by Crippen LogP contribution is 2.35. The fourth-order valence-corrected chi connectivity index (χ4v) is 3.51. The van der Waals surface area contributed by atoms with Gasteiger partial charge >= 0.3 is 0 Å². The molecule has 1 heterocycles. The van der Waals surface area contributed by atoms with Gasteiger partial charge in [-0.25, -0.2) is 0 Å². The third kappa shape index (κ3) is 5.74. The third-order valence-electron chi connectivity index (χ3n) is 3.30. The lowest BCUT2D eigenvalue weighted by molar-refractivity contribution is 0.0729. The Labute approximate surface area is 170 Å². The molecule has 4 nitrogen and oxygen atoms in total. The first kappa shape index (κ1) is 20.3. The number of pyridine rings is 1. The number of halogens is 4. The summed E-state index contributed by atoms with van der Waals surface area (Å²) in [4.78, 5) is 18.4. The van der Waals surface area contributed by atoms with E-state index in [0.717, 1.165) is 10.9 Å². The van der Waals surface area contributed by atoms with Crippen LogP contribution in [0.2, 0.25) is 15.1 Å². The van der Waals surface area contributed by atoms with Gasteiger partial charge in [0.1, 0.15) is 6.61 Å². The van der Waals surface area contributed by atoms with E-state index in [2.05, 4.69) is 20.9 Å². The van der Waals surface area contributed by atoms with Crippen molar-refractivity contribution >= 4 is 56.6 Å². The molecule has 0 radical (unpaired) electrons. The van der Waals surface area contributed by atoms with Gasteiger partial charge in [-0.15, -0.1) is 0 Å². The zero-order valence-corrected chi connectivity index (χ0v) is 17.3. The first-order chi connectivity index (χ1) is 11.9. The monoisotopic (exact) mass is 464 g/mol. The second-order valence-electron chi connectivity index (χ2n) is 5.23. The van der Waals surface area contributed by atoms with Crippen molar-refractivity contribution < 1.29 is 9.53 Å². The van der Waals surface area contributed by atoms with Crippen molar-refractivity contribution in [1.29, 1.82) is 0 Å². The standard InChI is InChI=1S/C17H16BrCl3N2O2/c1-2-3-23(17(24)11-6-12(18)10-22-9-11)4-5-25-16-14(20)7-13(19)8-15(16)21/h6-10H,2-5H2,1H3. The second-order valence-corrected chi connectivity index (χ2v) is 7.40. The van der Waals surface area contributed by atoms with Crippen LogP contribution in [0.4, 0.5) is 0 Å². The first-order valence-electron chi connectivity index (χ1n) is 7.59. The number of nitrogens with zero attached hydrogens (tertiary/aromatic N) is 2. The predicted molar refractivity (Wildman–Crippen MR) is 105 cm³/mol. The number of hydrogen-bond donors (Lipinski definition) is 0. The van der Waals surface area contributed by atoms with Crippen molar-refractivity contribution in [3.63, 3.8) is 0 Å². The van der Waals surface area contributed by atoms with Gasteiger partial charge in [0.15, 0.2) is 5.75 Å². The number of ether oxygens (including phenoxy) is 1. The molecule has 0 N–H and O–H groups in total. The molecule has 1 aromatic carbocycles. The Balaban J connectivity index is 2.04. The van der Waals surface area contributed by atoms with Gasteiger partial charge in [0.25, 0.3) is 5.91 Å². The Morgan fingerprint density at radius 1 is 1.16 bits per heavy atom. The Kier molecular flexibility index (Phi) is 7.81. The minimum atomic E-state index is -0.104. The van der Waals surface area contributed by atoms with Crippen molar-refractivity contribution in [1.82, 2.24) is 9.88 Å². The number of carbonyl (C=O) groups excluding carboxylic acids is 1. The quantitative estimate of drug-likeness (QED) is 0.523. The van der Waals surface area contributed by atoms with Gasteiger partial charge in [0, 0.05) is 28.4 Å². The van der Waals surface area contributed by atoms with E-state index in [0.29, 0.717) is 39.5 Å². The van der Waals surface area contributed by atoms with E-state index in [1.807, 2.05) is 6.92 Å². The van der Waals surface area contributed by atoms with Gasteiger partial charge in [-0.05, 0) is 40.5 Å². The lowest BCUT2D eigenvalue weighted by Gasteiger charge is -2.22. The lowest BCUT2D eigenvalue weighted by atomic mass is 10.2. The van der Waals surface area contributed by atoms with Crippen LogP contribution >= 0.6 is 50.7 Å². The summed E-state index contributed by atoms with van der Waals surface area (Å²) in [5, 5.41) is 1.11. The van der Waals surface area contributed by atoms with E-state index in [4.69, 9.17) is 39.5 Å². The van der Waals surface area contributed by atoms with Crippen molar-refractivity contribution in [2.45, 2.75) is 13.3 Å². The molecule has 8 heteroatoms. The van der Waals surface area contributed by atoms with E-state index >= 15 is 0 Å². The maximum absolute atomic E-state index is 12.6. The summed E-state index contributed by atoms with van der Waals surface area (Å²) >= 11 is 21.4. The summed E-state index contributed by atoms with van der Waals surface area (Å²) in [6, 6.07) is 4.87. The third-order valence-corrected chi connectivity index (χ3v) is 4.52. The predicted octanol–water partition coefficient (Wildman–Crippen LogP) is 5.74. The Bertz CT molecular complexity index is 735. The number of hydrogen-bond acceptors (Lipinski definition) is 3. The molecule has 0 spiro atoms. The van der Waals surface area contributed by atoms with Gasteiger partial charge in [-0.3, -0.25) is 9.78 Å². The Morgan fingerprint density at radius 3 is 2.44 bits per heavy atom. The lowest BCUT2D eigenvalue weighted by Crippen LogP contribution is -2.35. The highest BCUT2D eigenvalue weighted by Gasteiger charge is 2.17. The summed E-state index contributed by atoms with van der Waals surface area (Å²) < 4.78 is 6.42.